The first kappa shape index (κ1) is 31.0. The maximum absolute atomic E-state index is 6.83. The van der Waals surface area contributed by atoms with Crippen molar-refractivity contribution in [2.45, 2.75) is 68.4 Å². The largest absolute Gasteiger partial charge is 0.492 e. The zero-order valence-corrected chi connectivity index (χ0v) is 25.6. The minimum absolute atomic E-state index is 0.318. The van der Waals surface area contributed by atoms with Gasteiger partial charge in [0.1, 0.15) is 23.7 Å². The van der Waals surface area contributed by atoms with Crippen molar-refractivity contribution < 1.29 is 23.7 Å². The Balaban J connectivity index is 1.41. The molecule has 4 aromatic carbocycles. The summed E-state index contributed by atoms with van der Waals surface area (Å²) in [5.74, 6) is 0. The van der Waals surface area contributed by atoms with Crippen LogP contribution >= 0.6 is 11.8 Å². The lowest BCUT2D eigenvalue weighted by molar-refractivity contribution is -0.136. The van der Waals surface area contributed by atoms with Crippen LogP contribution in [0.4, 0.5) is 0 Å². The Morgan fingerprint density at radius 2 is 1.30 bits per heavy atom. The van der Waals surface area contributed by atoms with Gasteiger partial charge in [-0.3, -0.25) is 0 Å². The summed E-state index contributed by atoms with van der Waals surface area (Å²) in [6, 6.07) is 39.0. The average Bonchev–Trinajstić information content (AvgIpc) is 3.39. The molecule has 0 amide bonds. The van der Waals surface area contributed by atoms with Crippen molar-refractivity contribution in [1.29, 1.82) is 0 Å². The van der Waals surface area contributed by atoms with Crippen molar-refractivity contribution >= 4 is 11.8 Å². The molecule has 1 aliphatic rings. The van der Waals surface area contributed by atoms with E-state index < -0.39 is 18.3 Å². The lowest BCUT2D eigenvalue weighted by Crippen LogP contribution is -2.44. The number of thioether (sulfide) groups is 1. The Morgan fingerprint density at radius 1 is 0.721 bits per heavy atom. The predicted octanol–water partition coefficient (Wildman–Crippen LogP) is 8.12. The van der Waals surface area contributed by atoms with Gasteiger partial charge in [-0.1, -0.05) is 127 Å². The average molecular weight is 597 g/mol. The molecule has 0 unspecified atom stereocenters. The van der Waals surface area contributed by atoms with Gasteiger partial charge in [-0.05, 0) is 42.7 Å². The summed E-state index contributed by atoms with van der Waals surface area (Å²) in [5.41, 5.74) is 4.17. The Kier molecular flexibility index (Phi) is 11.9. The van der Waals surface area contributed by atoms with Crippen LogP contribution < -0.4 is 0 Å². The third-order valence-electron chi connectivity index (χ3n) is 7.20. The van der Waals surface area contributed by atoms with Crippen LogP contribution in [0.1, 0.15) is 29.2 Å². The van der Waals surface area contributed by atoms with E-state index in [0.29, 0.717) is 26.4 Å². The number of aryl methyl sites for hydroxylation is 1. The second kappa shape index (κ2) is 16.5. The topological polar surface area (TPSA) is 46.2 Å². The number of hydrogen-bond acceptors (Lipinski definition) is 6. The zero-order chi connectivity index (χ0) is 29.7. The smallest absolute Gasteiger partial charge is 0.162 e. The van der Waals surface area contributed by atoms with Gasteiger partial charge in [0.25, 0.3) is 0 Å². The van der Waals surface area contributed by atoms with Crippen LogP contribution in [-0.4, -0.2) is 36.5 Å². The van der Waals surface area contributed by atoms with Gasteiger partial charge in [-0.2, -0.15) is 0 Å². The molecule has 224 valence electrons. The van der Waals surface area contributed by atoms with Crippen LogP contribution in [0.2, 0.25) is 0 Å². The van der Waals surface area contributed by atoms with E-state index in [4.69, 9.17) is 23.7 Å². The summed E-state index contributed by atoms with van der Waals surface area (Å²) in [7, 11) is 0. The molecular formula is C37H40O5S. The van der Waals surface area contributed by atoms with Crippen molar-refractivity contribution in [3.63, 3.8) is 0 Å². The van der Waals surface area contributed by atoms with Gasteiger partial charge in [0, 0.05) is 4.90 Å². The SMILES string of the molecule is C/C=C/O[C@@H]1[C@@H](OCc2ccccc2)[C@@H]([C@@H](COCc2ccccc2)OCc2ccccc2)O[C@H]1Sc1ccc(C)cc1. The van der Waals surface area contributed by atoms with E-state index in [1.54, 1.807) is 18.0 Å². The molecule has 1 heterocycles. The molecule has 1 aliphatic heterocycles. The number of allylic oxidation sites excluding steroid dienone is 1. The summed E-state index contributed by atoms with van der Waals surface area (Å²) >= 11 is 1.64. The third kappa shape index (κ3) is 9.30. The summed E-state index contributed by atoms with van der Waals surface area (Å²) in [6.07, 6.45) is 2.02. The van der Waals surface area contributed by atoms with Crippen molar-refractivity contribution in [2.75, 3.05) is 6.61 Å². The Hall–Kier alpha value is -3.39. The second-order valence-corrected chi connectivity index (χ2v) is 11.7. The quantitative estimate of drug-likeness (QED) is 0.129. The van der Waals surface area contributed by atoms with E-state index in [9.17, 15) is 0 Å². The number of benzene rings is 4. The summed E-state index contributed by atoms with van der Waals surface area (Å²) in [5, 5.41) is 0. The number of rotatable bonds is 15. The predicted molar refractivity (Wildman–Crippen MR) is 172 cm³/mol. The van der Waals surface area contributed by atoms with Crippen LogP contribution in [0.5, 0.6) is 0 Å². The Labute approximate surface area is 259 Å². The Morgan fingerprint density at radius 3 is 1.91 bits per heavy atom. The van der Waals surface area contributed by atoms with E-state index in [1.807, 2.05) is 67.6 Å². The van der Waals surface area contributed by atoms with Gasteiger partial charge in [0.2, 0.25) is 0 Å². The van der Waals surface area contributed by atoms with Gasteiger partial charge < -0.3 is 23.7 Å². The molecule has 0 radical (unpaired) electrons. The molecule has 5 nitrogen and oxygen atoms in total. The van der Waals surface area contributed by atoms with Gasteiger partial charge in [-0.15, -0.1) is 0 Å². The van der Waals surface area contributed by atoms with Gasteiger partial charge >= 0.3 is 0 Å². The first-order valence-corrected chi connectivity index (χ1v) is 15.7. The van der Waals surface area contributed by atoms with Crippen molar-refractivity contribution in [1.82, 2.24) is 0 Å². The molecule has 0 aromatic heterocycles. The molecule has 0 saturated carbocycles. The van der Waals surface area contributed by atoms with Crippen LogP contribution in [0.3, 0.4) is 0 Å². The number of hydrogen-bond donors (Lipinski definition) is 0. The fourth-order valence-electron chi connectivity index (χ4n) is 4.95. The first-order valence-electron chi connectivity index (χ1n) is 14.8. The molecule has 0 bridgehead atoms. The van der Waals surface area contributed by atoms with Crippen LogP contribution in [-0.2, 0) is 43.5 Å². The highest BCUT2D eigenvalue weighted by Crippen LogP contribution is 2.39. The second-order valence-electron chi connectivity index (χ2n) is 10.6. The molecule has 0 N–H and O–H groups in total. The molecule has 5 atom stereocenters. The molecule has 43 heavy (non-hydrogen) atoms. The maximum atomic E-state index is 6.83. The lowest BCUT2D eigenvalue weighted by atomic mass is 10.1. The minimum Gasteiger partial charge on any atom is -0.492 e. The molecular weight excluding hydrogens is 556 g/mol. The van der Waals surface area contributed by atoms with Crippen molar-refractivity contribution in [2.24, 2.45) is 0 Å². The lowest BCUT2D eigenvalue weighted by Gasteiger charge is -2.29. The van der Waals surface area contributed by atoms with Gasteiger partial charge in [-0.25, -0.2) is 0 Å². The molecule has 0 aliphatic carbocycles. The molecule has 6 heteroatoms. The zero-order valence-electron chi connectivity index (χ0n) is 24.8. The van der Waals surface area contributed by atoms with Gasteiger partial charge in [0.05, 0.1) is 32.7 Å². The fraction of sp³-hybridized carbons (Fsp3) is 0.297. The van der Waals surface area contributed by atoms with Crippen molar-refractivity contribution in [3.05, 3.63) is 150 Å². The van der Waals surface area contributed by atoms with Gasteiger partial charge in [0.15, 0.2) is 6.10 Å². The standard InChI is InChI=1S/C37H40O5S/c1-3-23-39-36-35(41-26-31-17-11-6-12-18-31)34(42-37(36)43-32-21-19-28(2)20-22-32)33(40-25-30-15-9-5-10-16-30)27-38-24-29-13-7-4-8-14-29/h3-23,33-37H,24-27H2,1-2H3/b23-3+/t33-,34-,35+,36-,37+/m1/s1. The first-order chi connectivity index (χ1) is 21.2. The molecule has 1 saturated heterocycles. The fourth-order valence-corrected chi connectivity index (χ4v) is 6.04. The molecule has 5 rings (SSSR count). The highest BCUT2D eigenvalue weighted by molar-refractivity contribution is 7.99. The maximum Gasteiger partial charge on any atom is 0.162 e. The van der Waals surface area contributed by atoms with Crippen LogP contribution in [0, 0.1) is 6.92 Å². The number of ether oxygens (including phenoxy) is 5. The van der Waals surface area contributed by atoms with E-state index in [-0.39, 0.29) is 11.5 Å². The summed E-state index contributed by atoms with van der Waals surface area (Å²) in [4.78, 5) is 1.11. The minimum atomic E-state index is -0.429. The third-order valence-corrected chi connectivity index (χ3v) is 8.36. The van der Waals surface area contributed by atoms with E-state index in [0.717, 1.165) is 21.6 Å². The highest BCUT2D eigenvalue weighted by atomic mass is 32.2. The van der Waals surface area contributed by atoms with E-state index in [1.165, 1.54) is 5.56 Å². The molecule has 0 spiro atoms. The molecule has 1 fully saturated rings. The normalized spacial score (nSPS) is 20.8. The van der Waals surface area contributed by atoms with Crippen LogP contribution in [0.25, 0.3) is 0 Å². The van der Waals surface area contributed by atoms with Crippen molar-refractivity contribution in [3.8, 4) is 0 Å². The van der Waals surface area contributed by atoms with Crippen LogP contribution in [0.15, 0.2) is 132 Å². The van der Waals surface area contributed by atoms with E-state index in [2.05, 4.69) is 67.6 Å². The monoisotopic (exact) mass is 596 g/mol. The highest BCUT2D eigenvalue weighted by Gasteiger charge is 2.51. The Bertz CT molecular complexity index is 1360. The summed E-state index contributed by atoms with van der Waals surface area (Å²) < 4.78 is 32.7. The summed E-state index contributed by atoms with van der Waals surface area (Å²) in [6.45, 7) is 5.72. The molecule has 4 aromatic rings. The van der Waals surface area contributed by atoms with E-state index >= 15 is 0 Å².